The first-order valence-corrected chi connectivity index (χ1v) is 7.73. The Morgan fingerprint density at radius 3 is 2.52 bits per heavy atom. The second kappa shape index (κ2) is 7.85. The second-order valence-electron chi connectivity index (χ2n) is 5.50. The molecule has 3 heteroatoms. The van der Waals surface area contributed by atoms with Crippen molar-refractivity contribution in [3.63, 3.8) is 0 Å². The van der Waals surface area contributed by atoms with Crippen LogP contribution in [0.2, 0.25) is 0 Å². The lowest BCUT2D eigenvalue weighted by molar-refractivity contribution is 0.0689. The number of carbonyl (C=O) groups excluding carboxylic acids is 1. The smallest absolute Gasteiger partial charge is 0.253 e. The van der Waals surface area contributed by atoms with Gasteiger partial charge in [-0.15, -0.1) is 0 Å². The Morgan fingerprint density at radius 2 is 1.95 bits per heavy atom. The van der Waals surface area contributed by atoms with E-state index >= 15 is 0 Å². The molecule has 0 unspecified atom stereocenters. The van der Waals surface area contributed by atoms with Gasteiger partial charge in [-0.25, -0.2) is 0 Å². The van der Waals surface area contributed by atoms with Crippen molar-refractivity contribution in [1.82, 2.24) is 4.90 Å². The summed E-state index contributed by atoms with van der Waals surface area (Å²) in [5.74, 6) is 6.75. The number of nitrogens with zero attached hydrogens (tertiary/aromatic N) is 1. The predicted molar refractivity (Wildman–Crippen MR) is 83.9 cm³/mol. The topological polar surface area (TPSA) is 40.5 Å². The third-order valence-electron chi connectivity index (χ3n) is 4.08. The number of benzene rings is 1. The molecule has 1 heterocycles. The Morgan fingerprint density at radius 1 is 1.29 bits per heavy atom. The van der Waals surface area contributed by atoms with Crippen LogP contribution in [0.25, 0.3) is 0 Å². The van der Waals surface area contributed by atoms with Gasteiger partial charge in [-0.3, -0.25) is 4.79 Å². The highest BCUT2D eigenvalue weighted by atomic mass is 16.2. The van der Waals surface area contributed by atoms with E-state index in [4.69, 9.17) is 5.11 Å². The van der Waals surface area contributed by atoms with Crippen molar-refractivity contribution in [2.24, 2.45) is 5.92 Å². The highest BCUT2D eigenvalue weighted by molar-refractivity contribution is 5.94. The van der Waals surface area contributed by atoms with Crippen LogP contribution in [0.4, 0.5) is 0 Å². The molecule has 0 radical (unpaired) electrons. The van der Waals surface area contributed by atoms with Gasteiger partial charge in [0.1, 0.15) is 0 Å². The summed E-state index contributed by atoms with van der Waals surface area (Å²) >= 11 is 0. The predicted octanol–water partition coefficient (Wildman–Crippen LogP) is 2.68. The molecule has 112 valence electrons. The van der Waals surface area contributed by atoms with E-state index in [1.165, 1.54) is 6.42 Å². The Balaban J connectivity index is 1.96. The number of rotatable bonds is 3. The van der Waals surface area contributed by atoms with E-state index < -0.39 is 0 Å². The molecule has 1 saturated heterocycles. The van der Waals surface area contributed by atoms with Crippen molar-refractivity contribution in [2.45, 2.75) is 32.6 Å². The molecular formula is C18H23NO2. The zero-order valence-electron chi connectivity index (χ0n) is 12.6. The van der Waals surface area contributed by atoms with Gasteiger partial charge in [0.15, 0.2) is 0 Å². The molecule has 0 bridgehead atoms. The van der Waals surface area contributed by atoms with Gasteiger partial charge in [0.25, 0.3) is 5.91 Å². The zero-order valence-corrected chi connectivity index (χ0v) is 12.6. The summed E-state index contributed by atoms with van der Waals surface area (Å²) in [6.45, 7) is 4.04. The molecule has 2 rings (SSSR count). The third kappa shape index (κ3) is 4.34. The van der Waals surface area contributed by atoms with Gasteiger partial charge in [0.05, 0.1) is 6.61 Å². The monoisotopic (exact) mass is 285 g/mol. The van der Waals surface area contributed by atoms with Gasteiger partial charge >= 0.3 is 0 Å². The van der Waals surface area contributed by atoms with Gasteiger partial charge in [-0.05, 0) is 43.0 Å². The molecule has 1 aromatic rings. The average molecular weight is 285 g/mol. The van der Waals surface area contributed by atoms with E-state index in [2.05, 4.69) is 18.8 Å². The average Bonchev–Trinajstić information content (AvgIpc) is 2.55. The van der Waals surface area contributed by atoms with Crippen LogP contribution < -0.4 is 0 Å². The van der Waals surface area contributed by atoms with Crippen LogP contribution in [-0.4, -0.2) is 35.6 Å². The molecular weight excluding hydrogens is 262 g/mol. The van der Waals surface area contributed by atoms with Crippen molar-refractivity contribution in [2.75, 3.05) is 19.7 Å². The highest BCUT2D eigenvalue weighted by Gasteiger charge is 2.22. The SMILES string of the molecule is CCC1CCN(C(=O)c2ccc(C#CCCO)cc2)CC1. The number of likely N-dealkylation sites (tertiary alicyclic amines) is 1. The highest BCUT2D eigenvalue weighted by Crippen LogP contribution is 2.21. The van der Waals surface area contributed by atoms with Gasteiger partial charge in [0.2, 0.25) is 0 Å². The van der Waals surface area contributed by atoms with Crippen LogP contribution in [-0.2, 0) is 0 Å². The van der Waals surface area contributed by atoms with Crippen molar-refractivity contribution >= 4 is 5.91 Å². The molecule has 0 spiro atoms. The summed E-state index contributed by atoms with van der Waals surface area (Å²) in [4.78, 5) is 14.4. The van der Waals surface area contributed by atoms with Crippen LogP contribution in [0.1, 0.15) is 48.5 Å². The summed E-state index contributed by atoms with van der Waals surface area (Å²) in [7, 11) is 0. The summed E-state index contributed by atoms with van der Waals surface area (Å²) < 4.78 is 0. The van der Waals surface area contributed by atoms with Crippen molar-refractivity contribution < 1.29 is 9.90 Å². The first-order valence-electron chi connectivity index (χ1n) is 7.73. The minimum Gasteiger partial charge on any atom is -0.395 e. The number of amides is 1. The third-order valence-corrected chi connectivity index (χ3v) is 4.08. The second-order valence-corrected chi connectivity index (χ2v) is 5.50. The molecule has 1 fully saturated rings. The summed E-state index contributed by atoms with van der Waals surface area (Å²) in [5.41, 5.74) is 1.61. The van der Waals surface area contributed by atoms with Crippen molar-refractivity contribution in [3.8, 4) is 11.8 Å². The maximum atomic E-state index is 12.4. The molecule has 1 N–H and O–H groups in total. The Hall–Kier alpha value is -1.79. The fourth-order valence-corrected chi connectivity index (χ4v) is 2.64. The van der Waals surface area contributed by atoms with E-state index in [1.54, 1.807) is 0 Å². The number of hydrogen-bond donors (Lipinski definition) is 1. The Bertz CT molecular complexity index is 516. The maximum Gasteiger partial charge on any atom is 0.253 e. The van der Waals surface area contributed by atoms with Crippen molar-refractivity contribution in [1.29, 1.82) is 0 Å². The van der Waals surface area contributed by atoms with Crippen LogP contribution >= 0.6 is 0 Å². The quantitative estimate of drug-likeness (QED) is 0.867. The lowest BCUT2D eigenvalue weighted by atomic mass is 9.94. The van der Waals surface area contributed by atoms with Crippen LogP contribution in [0.5, 0.6) is 0 Å². The fourth-order valence-electron chi connectivity index (χ4n) is 2.64. The first kappa shape index (κ1) is 15.6. The molecule has 0 atom stereocenters. The molecule has 3 nitrogen and oxygen atoms in total. The van der Waals surface area contributed by atoms with E-state index in [-0.39, 0.29) is 12.5 Å². The minimum absolute atomic E-state index is 0.0806. The van der Waals surface area contributed by atoms with Gasteiger partial charge < -0.3 is 10.0 Å². The fraction of sp³-hybridized carbons (Fsp3) is 0.500. The molecule has 21 heavy (non-hydrogen) atoms. The Labute approximate surface area is 127 Å². The minimum atomic E-state index is 0.0806. The van der Waals surface area contributed by atoms with E-state index in [1.807, 2.05) is 29.2 Å². The van der Waals surface area contributed by atoms with Gasteiger partial charge in [0, 0.05) is 30.6 Å². The zero-order chi connectivity index (χ0) is 15.1. The molecule has 0 aliphatic carbocycles. The van der Waals surface area contributed by atoms with Gasteiger partial charge in [-0.1, -0.05) is 25.2 Å². The van der Waals surface area contributed by atoms with Crippen LogP contribution in [0.3, 0.4) is 0 Å². The first-order chi connectivity index (χ1) is 10.2. The lowest BCUT2D eigenvalue weighted by Gasteiger charge is -2.31. The molecule has 0 aromatic heterocycles. The molecule has 1 aromatic carbocycles. The lowest BCUT2D eigenvalue weighted by Crippen LogP contribution is -2.38. The van der Waals surface area contributed by atoms with Gasteiger partial charge in [-0.2, -0.15) is 0 Å². The number of hydrogen-bond acceptors (Lipinski definition) is 2. The summed E-state index contributed by atoms with van der Waals surface area (Å²) in [6.07, 6.45) is 3.93. The summed E-state index contributed by atoms with van der Waals surface area (Å²) in [5, 5.41) is 8.69. The maximum absolute atomic E-state index is 12.4. The van der Waals surface area contributed by atoms with E-state index in [0.29, 0.717) is 6.42 Å². The largest absolute Gasteiger partial charge is 0.395 e. The van der Waals surface area contributed by atoms with E-state index in [9.17, 15) is 4.79 Å². The Kier molecular flexibility index (Phi) is 5.83. The van der Waals surface area contributed by atoms with Crippen LogP contribution in [0, 0.1) is 17.8 Å². The van der Waals surface area contributed by atoms with E-state index in [0.717, 1.165) is 43.0 Å². The number of carbonyl (C=O) groups is 1. The normalized spacial score (nSPS) is 15.4. The number of aliphatic hydroxyl groups excluding tert-OH is 1. The summed E-state index contributed by atoms with van der Waals surface area (Å²) in [6, 6.07) is 7.43. The van der Waals surface area contributed by atoms with Crippen LogP contribution in [0.15, 0.2) is 24.3 Å². The standard InChI is InChI=1S/C18H23NO2/c1-2-15-10-12-19(13-11-15)18(21)17-8-6-16(7-9-17)5-3-4-14-20/h6-9,15,20H,2,4,10-14H2,1H3. The molecule has 1 aliphatic rings. The molecule has 0 saturated carbocycles. The number of aliphatic hydroxyl groups is 1. The number of piperidine rings is 1. The van der Waals surface area contributed by atoms with Crippen molar-refractivity contribution in [3.05, 3.63) is 35.4 Å². The molecule has 1 amide bonds. The molecule has 1 aliphatic heterocycles.